The Kier molecular flexibility index (Phi) is 8.69. The monoisotopic (exact) mass is 608 g/mol. The first-order valence-electron chi connectivity index (χ1n) is 16.3. The lowest BCUT2D eigenvalue weighted by molar-refractivity contribution is -0.119. The zero-order valence-corrected chi connectivity index (χ0v) is 29.0. The maximum atomic E-state index is 13.7. The first-order chi connectivity index (χ1) is 21.6. The smallest absolute Gasteiger partial charge is 0.134 e. The van der Waals surface area contributed by atoms with Crippen molar-refractivity contribution in [2.45, 2.75) is 79.5 Å². The van der Waals surface area contributed by atoms with Gasteiger partial charge in [0.1, 0.15) is 5.78 Å². The summed E-state index contributed by atoms with van der Waals surface area (Å²) in [6.07, 6.45) is 1.17. The van der Waals surface area contributed by atoms with Crippen LogP contribution in [-0.4, -0.2) is 5.78 Å². The third kappa shape index (κ3) is 5.62. The van der Waals surface area contributed by atoms with Crippen molar-refractivity contribution in [3.8, 4) is 22.3 Å². The highest BCUT2D eigenvalue weighted by Crippen LogP contribution is 2.68. The van der Waals surface area contributed by atoms with E-state index in [4.69, 9.17) is 0 Å². The van der Waals surface area contributed by atoms with Crippen LogP contribution in [0.25, 0.3) is 22.3 Å². The number of carbonyl (C=O) groups is 1. The molecule has 0 bridgehead atoms. The summed E-state index contributed by atoms with van der Waals surface area (Å²) in [7, 11) is -0.871. The minimum atomic E-state index is -0.871. The summed E-state index contributed by atoms with van der Waals surface area (Å²) in [5, 5.41) is 1.45. The normalized spacial score (nSPS) is 18.3. The second-order valence-electron chi connectivity index (χ2n) is 13.2. The fraction of sp³-hybridized carbons (Fsp3) is 0.279. The van der Waals surface area contributed by atoms with Gasteiger partial charge in [0.2, 0.25) is 0 Å². The number of carbonyl (C=O) groups excluding carboxylic acids is 1. The summed E-state index contributed by atoms with van der Waals surface area (Å²) in [6.45, 7) is 18.2. The molecule has 5 aromatic rings. The highest BCUT2D eigenvalue weighted by molar-refractivity contribution is 7.67. The van der Waals surface area contributed by atoms with Crippen molar-refractivity contribution in [2.75, 3.05) is 0 Å². The summed E-state index contributed by atoms with van der Waals surface area (Å²) in [5.41, 5.74) is 18.9. The molecule has 1 heterocycles. The quantitative estimate of drug-likeness (QED) is 0.181. The average Bonchev–Trinajstić information content (AvgIpc) is 3.04. The van der Waals surface area contributed by atoms with Crippen LogP contribution in [0.15, 0.2) is 91.0 Å². The second kappa shape index (κ2) is 12.5. The molecule has 2 atom stereocenters. The molecule has 5 aromatic carbocycles. The van der Waals surface area contributed by atoms with Gasteiger partial charge in [-0.1, -0.05) is 98.9 Å². The van der Waals surface area contributed by atoms with Crippen molar-refractivity contribution in [1.29, 1.82) is 0 Å². The highest BCUT2D eigenvalue weighted by Gasteiger charge is 2.42. The molecule has 2 heteroatoms. The fourth-order valence-electron chi connectivity index (χ4n) is 7.61. The lowest BCUT2D eigenvalue weighted by Crippen LogP contribution is -2.26. The Bertz CT molecular complexity index is 1720. The highest BCUT2D eigenvalue weighted by atomic mass is 31.1. The fourth-order valence-corrected chi connectivity index (χ4v) is 11.4. The van der Waals surface area contributed by atoms with E-state index in [9.17, 15) is 4.79 Å². The third-order valence-electron chi connectivity index (χ3n) is 10.4. The van der Waals surface area contributed by atoms with E-state index in [0.29, 0.717) is 18.6 Å². The first-order valence-corrected chi connectivity index (χ1v) is 17.7. The van der Waals surface area contributed by atoms with Crippen molar-refractivity contribution < 1.29 is 4.79 Å². The molecule has 1 aliphatic heterocycles. The van der Waals surface area contributed by atoms with Crippen LogP contribution < -0.4 is 5.30 Å². The van der Waals surface area contributed by atoms with Gasteiger partial charge in [-0.15, -0.1) is 0 Å². The Morgan fingerprint density at radius 2 is 0.844 bits per heavy atom. The average molecular weight is 609 g/mol. The number of rotatable bonds is 5. The number of Topliss-reactive ketones (excluding diaryl/α,β-unsaturated/α-hetero) is 1. The number of aryl methyl sites for hydroxylation is 4. The van der Waals surface area contributed by atoms with E-state index >= 15 is 0 Å². The van der Waals surface area contributed by atoms with E-state index in [2.05, 4.69) is 146 Å². The van der Waals surface area contributed by atoms with Crippen LogP contribution in [0.4, 0.5) is 0 Å². The number of ketones is 1. The van der Waals surface area contributed by atoms with Gasteiger partial charge in [-0.05, 0) is 139 Å². The Balaban J connectivity index is 1.79. The molecular weight excluding hydrogens is 563 g/mol. The minimum Gasteiger partial charge on any atom is -0.300 e. The van der Waals surface area contributed by atoms with Gasteiger partial charge >= 0.3 is 0 Å². The maximum absolute atomic E-state index is 13.7. The molecule has 1 nitrogen and oxygen atoms in total. The topological polar surface area (TPSA) is 17.1 Å². The molecule has 1 aliphatic rings. The summed E-state index contributed by atoms with van der Waals surface area (Å²) >= 11 is 0. The number of benzene rings is 5. The number of hydrogen-bond donors (Lipinski definition) is 0. The summed E-state index contributed by atoms with van der Waals surface area (Å²) in [5.74, 6) is 0.369. The molecule has 6 rings (SSSR count). The first kappa shape index (κ1) is 31.2. The van der Waals surface area contributed by atoms with E-state index in [-0.39, 0.29) is 11.3 Å². The molecule has 2 unspecified atom stereocenters. The molecule has 228 valence electrons. The van der Waals surface area contributed by atoms with Crippen molar-refractivity contribution in [2.24, 2.45) is 0 Å². The zero-order valence-electron chi connectivity index (χ0n) is 28.1. The van der Waals surface area contributed by atoms with Crippen molar-refractivity contribution in [3.63, 3.8) is 0 Å². The van der Waals surface area contributed by atoms with Crippen LogP contribution in [0.5, 0.6) is 0 Å². The molecule has 0 radical (unpaired) electrons. The van der Waals surface area contributed by atoms with Crippen LogP contribution >= 0.6 is 7.92 Å². The van der Waals surface area contributed by atoms with Gasteiger partial charge < -0.3 is 0 Å². The molecule has 0 saturated carbocycles. The lowest BCUT2D eigenvalue weighted by Gasteiger charge is -2.41. The van der Waals surface area contributed by atoms with Gasteiger partial charge in [-0.25, -0.2) is 0 Å². The van der Waals surface area contributed by atoms with E-state index < -0.39 is 7.92 Å². The van der Waals surface area contributed by atoms with Gasteiger partial charge in [-0.3, -0.25) is 4.79 Å². The summed E-state index contributed by atoms with van der Waals surface area (Å²) in [4.78, 5) is 13.7. The maximum Gasteiger partial charge on any atom is 0.134 e. The SMILES string of the molecule is Cc1cc(C)c(C)c(-c2cccc(-c3c(C)c(C)cc(C)c3C)c2P2C(c3ccccc3)CC(=O)CC2c2ccccc2)c1C. The van der Waals surface area contributed by atoms with E-state index in [1.54, 1.807) is 0 Å². The summed E-state index contributed by atoms with van der Waals surface area (Å²) in [6, 6.07) is 33.5. The standard InChI is InChI=1S/C43H45OP/c1-26-22-27(2)31(6)41(30(26)5)37-20-15-21-38(42-32(7)28(3)23-29(4)33(42)8)43(37)45-39(34-16-11-9-12-17-34)24-36(44)25-40(45)35-18-13-10-14-19-35/h9-23,39-40H,24-25H2,1-8H3. The van der Waals surface area contributed by atoms with Gasteiger partial charge in [0.25, 0.3) is 0 Å². The van der Waals surface area contributed by atoms with Crippen LogP contribution in [0.2, 0.25) is 0 Å². The van der Waals surface area contributed by atoms with Crippen LogP contribution in [0.1, 0.15) is 79.8 Å². The molecule has 0 aliphatic carbocycles. The van der Waals surface area contributed by atoms with Crippen LogP contribution in [0, 0.1) is 55.4 Å². The molecular formula is C43H45OP. The molecule has 0 aromatic heterocycles. The van der Waals surface area contributed by atoms with Crippen LogP contribution in [-0.2, 0) is 4.79 Å². The van der Waals surface area contributed by atoms with E-state index in [1.165, 1.54) is 83.2 Å². The second-order valence-corrected chi connectivity index (χ2v) is 15.7. The van der Waals surface area contributed by atoms with E-state index in [1.807, 2.05) is 0 Å². The molecule has 1 saturated heterocycles. The molecule has 0 amide bonds. The number of hydrogen-bond acceptors (Lipinski definition) is 1. The van der Waals surface area contributed by atoms with Gasteiger partial charge in [0.15, 0.2) is 0 Å². The Morgan fingerprint density at radius 3 is 1.20 bits per heavy atom. The Morgan fingerprint density at radius 1 is 0.489 bits per heavy atom. The molecule has 0 spiro atoms. The largest absolute Gasteiger partial charge is 0.300 e. The molecule has 45 heavy (non-hydrogen) atoms. The Labute approximate surface area is 271 Å². The predicted octanol–water partition coefficient (Wildman–Crippen LogP) is 11.4. The predicted molar refractivity (Wildman–Crippen MR) is 194 cm³/mol. The van der Waals surface area contributed by atoms with Gasteiger partial charge in [-0.2, -0.15) is 0 Å². The van der Waals surface area contributed by atoms with Crippen molar-refractivity contribution in [1.82, 2.24) is 0 Å². The van der Waals surface area contributed by atoms with E-state index in [0.717, 1.165) is 0 Å². The molecule has 1 fully saturated rings. The Hall–Kier alpha value is -3.80. The lowest BCUT2D eigenvalue weighted by atomic mass is 9.85. The van der Waals surface area contributed by atoms with Gasteiger partial charge in [0.05, 0.1) is 0 Å². The zero-order chi connectivity index (χ0) is 32.0. The summed E-state index contributed by atoms with van der Waals surface area (Å²) < 4.78 is 0. The van der Waals surface area contributed by atoms with Crippen LogP contribution in [0.3, 0.4) is 0 Å². The third-order valence-corrected chi connectivity index (χ3v) is 13.8. The van der Waals surface area contributed by atoms with Crippen molar-refractivity contribution in [3.05, 3.63) is 147 Å². The molecule has 0 N–H and O–H groups in total. The van der Waals surface area contributed by atoms with Gasteiger partial charge in [0, 0.05) is 24.2 Å². The minimum absolute atomic E-state index is 0.130. The van der Waals surface area contributed by atoms with Crippen molar-refractivity contribution >= 4 is 19.0 Å².